The normalized spacial score (nSPS) is 14.0. The molecule has 1 aliphatic heterocycles. The minimum Gasteiger partial charge on any atom is -0.352 e. The first kappa shape index (κ1) is 15.4. The van der Waals surface area contributed by atoms with Crippen LogP contribution in [0.15, 0.2) is 36.7 Å². The Morgan fingerprint density at radius 1 is 1.17 bits per heavy atom. The lowest BCUT2D eigenvalue weighted by Crippen LogP contribution is -2.27. The molecule has 3 rings (SSSR count). The van der Waals surface area contributed by atoms with Crippen LogP contribution in [0.4, 0.5) is 10.3 Å². The Kier molecular flexibility index (Phi) is 4.80. The number of hydrogen-bond donors (Lipinski definition) is 1. The smallest absolute Gasteiger partial charge is 0.254 e. The molecule has 1 aliphatic rings. The lowest BCUT2D eigenvalue weighted by Gasteiger charge is -2.14. The SMILES string of the molecule is O=C(NCCc1ccccc1F)c1cnc(N2CCCC2)nc1. The summed E-state index contributed by atoms with van der Waals surface area (Å²) in [5.41, 5.74) is 1.01. The first-order valence-electron chi connectivity index (χ1n) is 7.82. The van der Waals surface area contributed by atoms with Crippen LogP contribution in [0.2, 0.25) is 0 Å². The van der Waals surface area contributed by atoms with Gasteiger partial charge in [0.2, 0.25) is 5.95 Å². The molecule has 2 heterocycles. The van der Waals surface area contributed by atoms with E-state index >= 15 is 0 Å². The number of halogens is 1. The van der Waals surface area contributed by atoms with Crippen LogP contribution in [-0.2, 0) is 6.42 Å². The fourth-order valence-electron chi connectivity index (χ4n) is 2.63. The van der Waals surface area contributed by atoms with Crippen LogP contribution in [0.3, 0.4) is 0 Å². The third-order valence-corrected chi connectivity index (χ3v) is 3.93. The van der Waals surface area contributed by atoms with Crippen LogP contribution in [0, 0.1) is 5.82 Å². The molecule has 1 aromatic carbocycles. The van der Waals surface area contributed by atoms with Gasteiger partial charge in [0, 0.05) is 32.0 Å². The van der Waals surface area contributed by atoms with Gasteiger partial charge in [0.25, 0.3) is 5.91 Å². The summed E-state index contributed by atoms with van der Waals surface area (Å²) in [6, 6.07) is 6.57. The van der Waals surface area contributed by atoms with Crippen LogP contribution in [0.25, 0.3) is 0 Å². The molecule has 23 heavy (non-hydrogen) atoms. The van der Waals surface area contributed by atoms with Crippen molar-refractivity contribution in [1.29, 1.82) is 0 Å². The van der Waals surface area contributed by atoms with Crippen molar-refractivity contribution in [3.63, 3.8) is 0 Å². The van der Waals surface area contributed by atoms with E-state index in [2.05, 4.69) is 20.2 Å². The molecule has 0 radical (unpaired) electrons. The molecule has 5 nitrogen and oxygen atoms in total. The Balaban J connectivity index is 1.53. The monoisotopic (exact) mass is 314 g/mol. The second kappa shape index (κ2) is 7.17. The predicted octanol–water partition coefficient (Wildman–Crippen LogP) is 2.19. The number of carbonyl (C=O) groups is 1. The van der Waals surface area contributed by atoms with Gasteiger partial charge in [0.1, 0.15) is 5.82 Å². The van der Waals surface area contributed by atoms with E-state index in [0.717, 1.165) is 25.9 Å². The number of nitrogens with zero attached hydrogens (tertiary/aromatic N) is 3. The van der Waals surface area contributed by atoms with Gasteiger partial charge in [-0.1, -0.05) is 18.2 Å². The Bertz CT molecular complexity index is 669. The van der Waals surface area contributed by atoms with Crippen molar-refractivity contribution >= 4 is 11.9 Å². The minimum atomic E-state index is -0.250. The zero-order chi connectivity index (χ0) is 16.1. The van der Waals surface area contributed by atoms with Gasteiger partial charge < -0.3 is 10.2 Å². The van der Waals surface area contributed by atoms with Crippen molar-refractivity contribution in [2.24, 2.45) is 0 Å². The minimum absolute atomic E-state index is 0.241. The van der Waals surface area contributed by atoms with Gasteiger partial charge in [-0.2, -0.15) is 0 Å². The molecule has 1 aromatic heterocycles. The van der Waals surface area contributed by atoms with Crippen molar-refractivity contribution in [1.82, 2.24) is 15.3 Å². The third-order valence-electron chi connectivity index (χ3n) is 3.93. The molecular formula is C17H19FN4O. The van der Waals surface area contributed by atoms with E-state index in [1.807, 2.05) is 0 Å². The maximum atomic E-state index is 13.5. The summed E-state index contributed by atoms with van der Waals surface area (Å²) < 4.78 is 13.5. The standard InChI is InChI=1S/C17H19FN4O/c18-15-6-2-1-5-13(15)7-8-19-16(23)14-11-20-17(21-12-14)22-9-3-4-10-22/h1-2,5-6,11-12H,3-4,7-10H2,(H,19,23). The highest BCUT2D eigenvalue weighted by molar-refractivity contribution is 5.93. The predicted molar refractivity (Wildman–Crippen MR) is 85.9 cm³/mol. The number of hydrogen-bond acceptors (Lipinski definition) is 4. The number of aromatic nitrogens is 2. The summed E-state index contributed by atoms with van der Waals surface area (Å²) in [5.74, 6) is 0.180. The van der Waals surface area contributed by atoms with Crippen molar-refractivity contribution in [3.8, 4) is 0 Å². The fourth-order valence-corrected chi connectivity index (χ4v) is 2.63. The Labute approximate surface area is 134 Å². The molecule has 0 unspecified atom stereocenters. The van der Waals surface area contributed by atoms with Gasteiger partial charge in [-0.15, -0.1) is 0 Å². The summed E-state index contributed by atoms with van der Waals surface area (Å²) in [6.45, 7) is 2.30. The number of amides is 1. The molecule has 0 saturated carbocycles. The van der Waals surface area contributed by atoms with E-state index in [-0.39, 0.29) is 11.7 Å². The maximum Gasteiger partial charge on any atom is 0.254 e. The van der Waals surface area contributed by atoms with E-state index in [9.17, 15) is 9.18 Å². The molecule has 2 aromatic rings. The average molecular weight is 314 g/mol. The van der Waals surface area contributed by atoms with E-state index < -0.39 is 0 Å². The van der Waals surface area contributed by atoms with Crippen LogP contribution in [-0.4, -0.2) is 35.5 Å². The van der Waals surface area contributed by atoms with Gasteiger partial charge in [0.15, 0.2) is 0 Å². The lowest BCUT2D eigenvalue weighted by molar-refractivity contribution is 0.0953. The van der Waals surface area contributed by atoms with E-state index in [4.69, 9.17) is 0 Å². The largest absolute Gasteiger partial charge is 0.352 e. The van der Waals surface area contributed by atoms with Crippen molar-refractivity contribution in [2.45, 2.75) is 19.3 Å². The molecule has 0 spiro atoms. The first-order valence-corrected chi connectivity index (χ1v) is 7.82. The number of benzene rings is 1. The molecule has 1 saturated heterocycles. The highest BCUT2D eigenvalue weighted by Crippen LogP contribution is 2.14. The third kappa shape index (κ3) is 3.83. The van der Waals surface area contributed by atoms with E-state index in [0.29, 0.717) is 30.0 Å². The van der Waals surface area contributed by atoms with E-state index in [1.165, 1.54) is 6.07 Å². The summed E-state index contributed by atoms with van der Waals surface area (Å²) in [7, 11) is 0. The molecule has 0 atom stereocenters. The molecular weight excluding hydrogens is 295 g/mol. The van der Waals surface area contributed by atoms with Gasteiger partial charge in [0.05, 0.1) is 5.56 Å². The van der Waals surface area contributed by atoms with Crippen molar-refractivity contribution in [2.75, 3.05) is 24.5 Å². The average Bonchev–Trinajstić information content (AvgIpc) is 3.11. The molecule has 0 aliphatic carbocycles. The topological polar surface area (TPSA) is 58.1 Å². The second-order valence-electron chi connectivity index (χ2n) is 5.56. The Morgan fingerprint density at radius 3 is 2.57 bits per heavy atom. The lowest BCUT2D eigenvalue weighted by atomic mass is 10.1. The van der Waals surface area contributed by atoms with Gasteiger partial charge >= 0.3 is 0 Å². The summed E-state index contributed by atoms with van der Waals surface area (Å²) >= 11 is 0. The molecule has 120 valence electrons. The summed E-state index contributed by atoms with van der Waals surface area (Å²) in [6.07, 6.45) is 5.84. The summed E-state index contributed by atoms with van der Waals surface area (Å²) in [4.78, 5) is 22.7. The van der Waals surface area contributed by atoms with Crippen LogP contribution in [0.1, 0.15) is 28.8 Å². The number of rotatable bonds is 5. The number of anilines is 1. The first-order chi connectivity index (χ1) is 11.2. The van der Waals surface area contributed by atoms with Gasteiger partial charge in [-0.25, -0.2) is 14.4 Å². The molecule has 0 bridgehead atoms. The fraction of sp³-hybridized carbons (Fsp3) is 0.353. The maximum absolute atomic E-state index is 13.5. The van der Waals surface area contributed by atoms with E-state index in [1.54, 1.807) is 30.6 Å². The zero-order valence-electron chi connectivity index (χ0n) is 12.8. The number of carbonyl (C=O) groups excluding carboxylic acids is 1. The van der Waals surface area contributed by atoms with Gasteiger partial charge in [-0.3, -0.25) is 4.79 Å². The van der Waals surface area contributed by atoms with Gasteiger partial charge in [-0.05, 0) is 30.9 Å². The van der Waals surface area contributed by atoms with Crippen LogP contribution < -0.4 is 10.2 Å². The molecule has 1 N–H and O–H groups in total. The molecule has 1 amide bonds. The number of nitrogens with one attached hydrogen (secondary N) is 1. The van der Waals surface area contributed by atoms with Crippen LogP contribution in [0.5, 0.6) is 0 Å². The highest BCUT2D eigenvalue weighted by atomic mass is 19.1. The second-order valence-corrected chi connectivity index (χ2v) is 5.56. The molecule has 6 heteroatoms. The highest BCUT2D eigenvalue weighted by Gasteiger charge is 2.15. The van der Waals surface area contributed by atoms with Crippen molar-refractivity contribution in [3.05, 3.63) is 53.6 Å². The summed E-state index contributed by atoms with van der Waals surface area (Å²) in [5, 5.41) is 2.76. The van der Waals surface area contributed by atoms with Crippen molar-refractivity contribution < 1.29 is 9.18 Å². The quantitative estimate of drug-likeness (QED) is 0.919. The zero-order valence-corrected chi connectivity index (χ0v) is 12.8. The Morgan fingerprint density at radius 2 is 1.87 bits per heavy atom. The Hall–Kier alpha value is -2.50. The van der Waals surface area contributed by atoms with Crippen LogP contribution >= 0.6 is 0 Å². The molecule has 1 fully saturated rings.